The van der Waals surface area contributed by atoms with Crippen LogP contribution in [0.4, 0.5) is 5.69 Å². The van der Waals surface area contributed by atoms with Crippen molar-refractivity contribution in [2.45, 2.75) is 25.8 Å². The van der Waals surface area contributed by atoms with Crippen LogP contribution in [0.1, 0.15) is 30.1 Å². The molecule has 1 aromatic carbocycles. The summed E-state index contributed by atoms with van der Waals surface area (Å²) >= 11 is 3.31. The van der Waals surface area contributed by atoms with Gasteiger partial charge in [-0.25, -0.2) is 0 Å². The Morgan fingerprint density at radius 1 is 1.65 bits per heavy atom. The number of amides is 1. The van der Waals surface area contributed by atoms with E-state index in [4.69, 9.17) is 12.2 Å². The number of carbonyl (C=O) groups excluding carboxylic acids is 1. The molecule has 1 atom stereocenters. The Morgan fingerprint density at radius 3 is 2.94 bits per heavy atom. The van der Waals surface area contributed by atoms with Gasteiger partial charge in [-0.3, -0.25) is 4.79 Å². The van der Waals surface area contributed by atoms with Crippen molar-refractivity contribution in [3.8, 4) is 12.3 Å². The van der Waals surface area contributed by atoms with Crippen molar-refractivity contribution < 1.29 is 4.79 Å². The first-order chi connectivity index (χ1) is 8.08. The molecule has 0 heterocycles. The van der Waals surface area contributed by atoms with Gasteiger partial charge in [0.2, 0.25) is 0 Å². The van der Waals surface area contributed by atoms with Gasteiger partial charge in [0, 0.05) is 10.2 Å². The molecule has 1 aromatic rings. The van der Waals surface area contributed by atoms with Crippen LogP contribution in [0.2, 0.25) is 0 Å². The van der Waals surface area contributed by atoms with Crippen LogP contribution in [0.25, 0.3) is 0 Å². The van der Waals surface area contributed by atoms with Crippen LogP contribution >= 0.6 is 15.9 Å². The third-order valence-corrected chi connectivity index (χ3v) is 3.01. The maximum Gasteiger partial charge on any atom is 0.253 e. The number of nitrogen functional groups attached to an aromatic ring is 1. The highest BCUT2D eigenvalue weighted by Gasteiger charge is 2.13. The molecule has 4 heteroatoms. The van der Waals surface area contributed by atoms with Crippen LogP contribution in [0.15, 0.2) is 22.7 Å². The van der Waals surface area contributed by atoms with Crippen molar-refractivity contribution in [1.82, 2.24) is 5.32 Å². The fourth-order valence-electron chi connectivity index (χ4n) is 1.44. The van der Waals surface area contributed by atoms with Crippen LogP contribution < -0.4 is 11.1 Å². The summed E-state index contributed by atoms with van der Waals surface area (Å²) in [6.45, 7) is 2.02. The number of benzene rings is 1. The molecule has 0 aliphatic carbocycles. The SMILES string of the molecule is C#CC(CCC)NC(=O)c1cc(N)ccc1Br. The maximum atomic E-state index is 12.0. The van der Waals surface area contributed by atoms with Crippen molar-refractivity contribution in [1.29, 1.82) is 0 Å². The van der Waals surface area contributed by atoms with E-state index < -0.39 is 0 Å². The van der Waals surface area contributed by atoms with Gasteiger partial charge in [0.1, 0.15) is 0 Å². The molecule has 0 radical (unpaired) electrons. The summed E-state index contributed by atoms with van der Waals surface area (Å²) < 4.78 is 0.705. The Bertz CT molecular complexity index is 451. The number of anilines is 1. The van der Waals surface area contributed by atoms with Crippen LogP contribution in [0, 0.1) is 12.3 Å². The van der Waals surface area contributed by atoms with E-state index >= 15 is 0 Å². The van der Waals surface area contributed by atoms with E-state index in [1.165, 1.54) is 0 Å². The lowest BCUT2D eigenvalue weighted by atomic mass is 10.1. The predicted octanol–water partition coefficient (Wildman–Crippen LogP) is 2.56. The third kappa shape index (κ3) is 3.79. The number of hydrogen-bond acceptors (Lipinski definition) is 2. The number of halogens is 1. The average molecular weight is 295 g/mol. The lowest BCUT2D eigenvalue weighted by molar-refractivity contribution is 0.0943. The van der Waals surface area contributed by atoms with Gasteiger partial charge in [0.05, 0.1) is 11.6 Å². The molecule has 0 aliphatic rings. The summed E-state index contributed by atoms with van der Waals surface area (Å²) in [7, 11) is 0. The summed E-state index contributed by atoms with van der Waals surface area (Å²) in [6.07, 6.45) is 7.04. The number of terminal acetylenes is 1. The molecule has 17 heavy (non-hydrogen) atoms. The second-order valence-corrected chi connectivity index (χ2v) is 4.58. The zero-order valence-electron chi connectivity index (χ0n) is 9.66. The Morgan fingerprint density at radius 2 is 2.35 bits per heavy atom. The molecule has 0 bridgehead atoms. The highest BCUT2D eigenvalue weighted by Crippen LogP contribution is 2.19. The van der Waals surface area contributed by atoms with E-state index in [9.17, 15) is 4.79 Å². The van der Waals surface area contributed by atoms with Crippen molar-refractivity contribution in [3.63, 3.8) is 0 Å². The van der Waals surface area contributed by atoms with Crippen molar-refractivity contribution in [2.75, 3.05) is 5.73 Å². The molecular weight excluding hydrogens is 280 g/mol. The highest BCUT2D eigenvalue weighted by atomic mass is 79.9. The molecule has 3 N–H and O–H groups in total. The molecule has 0 aromatic heterocycles. The number of carbonyl (C=O) groups is 1. The van der Waals surface area contributed by atoms with Crippen molar-refractivity contribution in [3.05, 3.63) is 28.2 Å². The van der Waals surface area contributed by atoms with E-state index in [1.54, 1.807) is 18.2 Å². The zero-order chi connectivity index (χ0) is 12.8. The summed E-state index contributed by atoms with van der Waals surface area (Å²) in [4.78, 5) is 12.0. The second-order valence-electron chi connectivity index (χ2n) is 3.72. The van der Waals surface area contributed by atoms with Crippen LogP contribution in [0.3, 0.4) is 0 Å². The van der Waals surface area contributed by atoms with Crippen molar-refractivity contribution >= 4 is 27.5 Å². The minimum atomic E-state index is -0.235. The maximum absolute atomic E-state index is 12.0. The van der Waals surface area contributed by atoms with Gasteiger partial charge < -0.3 is 11.1 Å². The standard InChI is InChI=1S/C13H15BrN2O/c1-3-5-10(4-2)16-13(17)11-8-9(15)6-7-12(11)14/h2,6-8,10H,3,5,15H2,1H3,(H,16,17). The van der Waals surface area contributed by atoms with E-state index in [2.05, 4.69) is 27.2 Å². The van der Waals surface area contributed by atoms with Gasteiger partial charge in [0.15, 0.2) is 0 Å². The van der Waals surface area contributed by atoms with E-state index in [1.807, 2.05) is 6.92 Å². The van der Waals surface area contributed by atoms with Crippen LogP contribution in [-0.4, -0.2) is 11.9 Å². The Kier molecular flexibility index (Phi) is 5.05. The normalized spacial score (nSPS) is 11.6. The molecule has 1 rings (SSSR count). The van der Waals surface area contributed by atoms with Gasteiger partial charge in [-0.1, -0.05) is 19.3 Å². The molecule has 1 unspecified atom stereocenters. The molecule has 0 spiro atoms. The molecule has 0 saturated carbocycles. The predicted molar refractivity (Wildman–Crippen MR) is 73.5 cm³/mol. The third-order valence-electron chi connectivity index (χ3n) is 2.32. The Labute approximate surface area is 110 Å². The quantitative estimate of drug-likeness (QED) is 0.662. The summed E-state index contributed by atoms with van der Waals surface area (Å²) in [5.41, 5.74) is 6.69. The lowest BCUT2D eigenvalue weighted by Crippen LogP contribution is -2.33. The first kappa shape index (κ1) is 13.6. The molecule has 0 fully saturated rings. The smallest absolute Gasteiger partial charge is 0.253 e. The van der Waals surface area contributed by atoms with Gasteiger partial charge in [0.25, 0.3) is 5.91 Å². The molecule has 0 saturated heterocycles. The number of nitrogens with two attached hydrogens (primary N) is 1. The van der Waals surface area contributed by atoms with E-state index in [0.717, 1.165) is 12.8 Å². The Balaban J connectivity index is 2.83. The summed E-state index contributed by atoms with van der Waals surface area (Å²) in [5.74, 6) is 2.35. The highest BCUT2D eigenvalue weighted by molar-refractivity contribution is 9.10. The molecule has 3 nitrogen and oxygen atoms in total. The minimum absolute atomic E-state index is 0.208. The van der Waals surface area contributed by atoms with Crippen molar-refractivity contribution in [2.24, 2.45) is 0 Å². The largest absolute Gasteiger partial charge is 0.399 e. The first-order valence-corrected chi connectivity index (χ1v) is 6.19. The van der Waals surface area contributed by atoms with Gasteiger partial charge in [-0.15, -0.1) is 6.42 Å². The first-order valence-electron chi connectivity index (χ1n) is 5.40. The van der Waals surface area contributed by atoms with Gasteiger partial charge in [-0.05, 0) is 40.5 Å². The summed E-state index contributed by atoms with van der Waals surface area (Å²) in [6, 6.07) is 4.86. The molecule has 90 valence electrons. The molecular formula is C13H15BrN2O. The fraction of sp³-hybridized carbons (Fsp3) is 0.308. The monoisotopic (exact) mass is 294 g/mol. The van der Waals surface area contributed by atoms with Gasteiger partial charge >= 0.3 is 0 Å². The fourth-order valence-corrected chi connectivity index (χ4v) is 1.87. The van der Waals surface area contributed by atoms with Crippen LogP contribution in [-0.2, 0) is 0 Å². The van der Waals surface area contributed by atoms with E-state index in [0.29, 0.717) is 15.7 Å². The molecule has 1 amide bonds. The minimum Gasteiger partial charge on any atom is -0.399 e. The van der Waals surface area contributed by atoms with Gasteiger partial charge in [-0.2, -0.15) is 0 Å². The zero-order valence-corrected chi connectivity index (χ0v) is 11.3. The Hall–Kier alpha value is -1.47. The molecule has 0 aliphatic heterocycles. The average Bonchev–Trinajstić information content (AvgIpc) is 2.31. The second kappa shape index (κ2) is 6.31. The number of nitrogens with one attached hydrogen (secondary N) is 1. The van der Waals surface area contributed by atoms with Crippen LogP contribution in [0.5, 0.6) is 0 Å². The lowest BCUT2D eigenvalue weighted by Gasteiger charge is -2.13. The summed E-state index contributed by atoms with van der Waals surface area (Å²) in [5, 5.41) is 2.79. The number of hydrogen-bond donors (Lipinski definition) is 2. The number of rotatable bonds is 4. The van der Waals surface area contributed by atoms with E-state index in [-0.39, 0.29) is 11.9 Å². The topological polar surface area (TPSA) is 55.1 Å².